The minimum atomic E-state index is -0.488. The lowest BCUT2D eigenvalue weighted by molar-refractivity contribution is -0.119. The van der Waals surface area contributed by atoms with Gasteiger partial charge in [-0.1, -0.05) is 28.1 Å². The van der Waals surface area contributed by atoms with Gasteiger partial charge in [-0.05, 0) is 81.8 Å². The van der Waals surface area contributed by atoms with E-state index in [4.69, 9.17) is 4.74 Å². The zero-order chi connectivity index (χ0) is 27.0. The fourth-order valence-corrected chi connectivity index (χ4v) is 6.38. The fourth-order valence-electron chi connectivity index (χ4n) is 6.00. The first-order valence-electron chi connectivity index (χ1n) is 13.4. The smallest absolute Gasteiger partial charge is 0.262 e. The number of nitrogens with zero attached hydrogens (tertiary/aromatic N) is 1. The van der Waals surface area contributed by atoms with Crippen LogP contribution in [0.25, 0.3) is 0 Å². The molecular weight excluding hydrogens is 544 g/mol. The number of allylic oxidation sites excluding steroid dienone is 4. The number of Topliss-reactive ketones (excluding diaryl/α,β-unsaturated/α-hetero) is 2. The molecule has 0 aromatic heterocycles. The Morgan fingerprint density at radius 2 is 1.66 bits per heavy atom. The quantitative estimate of drug-likeness (QED) is 0.424. The fraction of sp³-hybridized carbons (Fsp3) is 0.387. The Labute approximate surface area is 232 Å². The molecular formula is C31H33BrN2O4. The van der Waals surface area contributed by atoms with Crippen LogP contribution >= 0.6 is 15.9 Å². The minimum Gasteiger partial charge on any atom is -0.483 e. The van der Waals surface area contributed by atoms with E-state index in [1.165, 1.54) is 0 Å². The van der Waals surface area contributed by atoms with E-state index in [2.05, 4.69) is 33.1 Å². The van der Waals surface area contributed by atoms with Crippen molar-refractivity contribution in [1.82, 2.24) is 4.90 Å². The molecule has 3 aliphatic rings. The van der Waals surface area contributed by atoms with Crippen molar-refractivity contribution in [2.24, 2.45) is 0 Å². The van der Waals surface area contributed by atoms with Crippen LogP contribution in [-0.4, -0.2) is 35.5 Å². The molecule has 1 amide bonds. The molecule has 2 aromatic carbocycles. The molecule has 1 heterocycles. The molecule has 198 valence electrons. The molecule has 38 heavy (non-hydrogen) atoms. The van der Waals surface area contributed by atoms with Gasteiger partial charge in [0.2, 0.25) is 0 Å². The van der Waals surface area contributed by atoms with Gasteiger partial charge in [-0.3, -0.25) is 14.4 Å². The number of halogens is 1. The molecule has 2 aromatic rings. The molecule has 1 aliphatic heterocycles. The molecule has 0 spiro atoms. The van der Waals surface area contributed by atoms with Crippen molar-refractivity contribution in [2.45, 2.75) is 65.2 Å². The second-order valence-corrected chi connectivity index (χ2v) is 11.1. The summed E-state index contributed by atoms with van der Waals surface area (Å²) in [5.41, 5.74) is 7.14. The summed E-state index contributed by atoms with van der Waals surface area (Å²) < 4.78 is 6.95. The first kappa shape index (κ1) is 26.4. The number of ketones is 2. The number of hydrogen-bond acceptors (Lipinski definition) is 5. The van der Waals surface area contributed by atoms with Crippen LogP contribution in [0.3, 0.4) is 0 Å². The predicted octanol–water partition coefficient (Wildman–Crippen LogP) is 6.52. The zero-order valence-corrected chi connectivity index (χ0v) is 23.7. The molecule has 1 N–H and O–H groups in total. The van der Waals surface area contributed by atoms with E-state index >= 15 is 0 Å². The number of benzene rings is 2. The van der Waals surface area contributed by atoms with Crippen molar-refractivity contribution >= 4 is 39.1 Å². The first-order chi connectivity index (χ1) is 18.3. The van der Waals surface area contributed by atoms with Gasteiger partial charge < -0.3 is 15.0 Å². The highest BCUT2D eigenvalue weighted by Crippen LogP contribution is 2.51. The maximum Gasteiger partial charge on any atom is 0.262 e. The van der Waals surface area contributed by atoms with Crippen molar-refractivity contribution in [3.05, 3.63) is 80.1 Å². The Hall–Kier alpha value is -3.19. The average Bonchev–Trinajstić information content (AvgIpc) is 2.90. The average molecular weight is 578 g/mol. The Kier molecular flexibility index (Phi) is 7.57. The van der Waals surface area contributed by atoms with E-state index in [-0.39, 0.29) is 24.1 Å². The van der Waals surface area contributed by atoms with Crippen molar-refractivity contribution in [2.75, 3.05) is 18.5 Å². The van der Waals surface area contributed by atoms with Crippen molar-refractivity contribution in [1.29, 1.82) is 0 Å². The molecule has 0 radical (unpaired) electrons. The van der Waals surface area contributed by atoms with Crippen LogP contribution in [0.1, 0.15) is 68.1 Å². The second-order valence-electron chi connectivity index (χ2n) is 10.2. The first-order valence-corrected chi connectivity index (χ1v) is 14.2. The maximum absolute atomic E-state index is 13.4. The molecule has 0 unspecified atom stereocenters. The molecule has 7 heteroatoms. The number of carbonyl (C=O) groups excluding carboxylic acids is 3. The van der Waals surface area contributed by atoms with Gasteiger partial charge in [0.1, 0.15) is 5.75 Å². The summed E-state index contributed by atoms with van der Waals surface area (Å²) in [5.74, 6) is -0.0558. The topological polar surface area (TPSA) is 75.7 Å². The summed E-state index contributed by atoms with van der Waals surface area (Å²) in [6.45, 7) is 6.60. The molecule has 0 saturated carbocycles. The third-order valence-corrected chi connectivity index (χ3v) is 8.42. The van der Waals surface area contributed by atoms with Crippen molar-refractivity contribution in [3.63, 3.8) is 0 Å². The number of rotatable bonds is 6. The van der Waals surface area contributed by atoms with E-state index < -0.39 is 5.92 Å². The Balaban J connectivity index is 1.53. The molecule has 0 fully saturated rings. The summed E-state index contributed by atoms with van der Waals surface area (Å²) in [4.78, 5) is 42.0. The number of nitrogens with one attached hydrogen (secondary N) is 1. The van der Waals surface area contributed by atoms with E-state index in [0.717, 1.165) is 81.6 Å². The largest absolute Gasteiger partial charge is 0.483 e. The highest BCUT2D eigenvalue weighted by molar-refractivity contribution is 9.10. The molecule has 6 nitrogen and oxygen atoms in total. The number of ether oxygens (including phenoxy) is 1. The van der Waals surface area contributed by atoms with Crippen LogP contribution in [0, 0.1) is 13.8 Å². The predicted molar refractivity (Wildman–Crippen MR) is 151 cm³/mol. The van der Waals surface area contributed by atoms with Gasteiger partial charge in [0.05, 0.1) is 0 Å². The van der Waals surface area contributed by atoms with Gasteiger partial charge >= 0.3 is 0 Å². The van der Waals surface area contributed by atoms with Crippen LogP contribution in [0.2, 0.25) is 0 Å². The lowest BCUT2D eigenvalue weighted by atomic mass is 9.70. The normalized spacial score (nSPS) is 17.9. The highest BCUT2D eigenvalue weighted by atomic mass is 79.9. The number of hydrogen-bond donors (Lipinski definition) is 1. The minimum absolute atomic E-state index is 0.0956. The van der Waals surface area contributed by atoms with Crippen LogP contribution in [0.15, 0.2) is 63.4 Å². The number of anilines is 1. The maximum atomic E-state index is 13.4. The monoisotopic (exact) mass is 576 g/mol. The standard InChI is InChI=1S/C31H33BrN2O4/c1-4-34-23-10-6-12-25(35)30(23)29(31-24(34)11-7-13-26(31)36)21-16-20(32)14-15-27(21)38-17-28(37)33-22-9-5-8-18(2)19(22)3/h5,8-9,14-16,29H,4,6-7,10-13,17H2,1-3H3,(H,33,37). The zero-order valence-electron chi connectivity index (χ0n) is 22.2. The van der Waals surface area contributed by atoms with Crippen LogP contribution in [0.5, 0.6) is 5.75 Å². The van der Waals surface area contributed by atoms with E-state index in [0.29, 0.717) is 18.6 Å². The Morgan fingerprint density at radius 3 is 2.29 bits per heavy atom. The lowest BCUT2D eigenvalue weighted by Crippen LogP contribution is -2.39. The molecule has 0 bridgehead atoms. The van der Waals surface area contributed by atoms with Crippen LogP contribution in [0.4, 0.5) is 5.69 Å². The molecule has 0 atom stereocenters. The third-order valence-electron chi connectivity index (χ3n) is 7.92. The SMILES string of the molecule is CCN1C2=C(C(=O)CCC2)C(c2cc(Br)ccc2OCC(=O)Nc2cccc(C)c2C)C2=C1CCCC2=O. The highest BCUT2D eigenvalue weighted by Gasteiger charge is 2.43. The molecule has 0 saturated heterocycles. The van der Waals surface area contributed by atoms with Gasteiger partial charge in [0.15, 0.2) is 18.2 Å². The van der Waals surface area contributed by atoms with Crippen LogP contribution < -0.4 is 10.1 Å². The lowest BCUT2D eigenvalue weighted by Gasteiger charge is -2.43. The van der Waals surface area contributed by atoms with Gasteiger partial charge in [-0.2, -0.15) is 0 Å². The van der Waals surface area contributed by atoms with E-state index in [1.54, 1.807) is 0 Å². The van der Waals surface area contributed by atoms with Gasteiger partial charge in [-0.25, -0.2) is 0 Å². The summed E-state index contributed by atoms with van der Waals surface area (Å²) in [6.07, 6.45) is 4.23. The van der Waals surface area contributed by atoms with Gasteiger partial charge in [0.25, 0.3) is 5.91 Å². The number of aryl methyl sites for hydroxylation is 1. The van der Waals surface area contributed by atoms with Gasteiger partial charge in [0, 0.05) is 63.6 Å². The Morgan fingerprint density at radius 1 is 1.00 bits per heavy atom. The van der Waals surface area contributed by atoms with Crippen molar-refractivity contribution < 1.29 is 19.1 Å². The molecule has 2 aliphatic carbocycles. The van der Waals surface area contributed by atoms with Crippen molar-refractivity contribution in [3.8, 4) is 5.75 Å². The number of carbonyl (C=O) groups is 3. The summed E-state index contributed by atoms with van der Waals surface area (Å²) in [6, 6.07) is 11.4. The summed E-state index contributed by atoms with van der Waals surface area (Å²) in [7, 11) is 0. The molecule has 5 rings (SSSR count). The van der Waals surface area contributed by atoms with E-state index in [9.17, 15) is 14.4 Å². The van der Waals surface area contributed by atoms with Crippen LogP contribution in [-0.2, 0) is 14.4 Å². The summed E-state index contributed by atoms with van der Waals surface area (Å²) >= 11 is 3.59. The Bertz CT molecular complexity index is 1350. The number of amides is 1. The van der Waals surface area contributed by atoms with Gasteiger partial charge in [-0.15, -0.1) is 0 Å². The van der Waals surface area contributed by atoms with E-state index in [1.807, 2.05) is 50.2 Å². The third kappa shape index (κ3) is 4.84. The second kappa shape index (κ2) is 10.9. The summed E-state index contributed by atoms with van der Waals surface area (Å²) in [5, 5.41) is 2.94.